The van der Waals surface area contributed by atoms with Gasteiger partial charge in [-0.15, -0.1) is 0 Å². The van der Waals surface area contributed by atoms with Gasteiger partial charge in [-0.2, -0.15) is 4.31 Å². The Bertz CT molecular complexity index is 675. The molecule has 0 bridgehead atoms. The van der Waals surface area contributed by atoms with Crippen LogP contribution in [0, 0.1) is 5.92 Å². The molecule has 0 N–H and O–H groups in total. The topological polar surface area (TPSA) is 57.7 Å². The summed E-state index contributed by atoms with van der Waals surface area (Å²) in [7, 11) is -3.49. The Hall–Kier alpha value is -1.40. The Morgan fingerprint density at radius 2 is 1.60 bits per heavy atom. The van der Waals surface area contributed by atoms with Crippen LogP contribution in [-0.2, 0) is 14.8 Å². The Morgan fingerprint density at radius 1 is 1.04 bits per heavy atom. The van der Waals surface area contributed by atoms with E-state index in [0.29, 0.717) is 49.3 Å². The molecule has 1 heterocycles. The van der Waals surface area contributed by atoms with Crippen molar-refractivity contribution in [2.75, 3.05) is 26.2 Å². The van der Waals surface area contributed by atoms with Gasteiger partial charge in [0, 0.05) is 32.6 Å². The number of sulfonamides is 1. The van der Waals surface area contributed by atoms with Crippen molar-refractivity contribution in [3.8, 4) is 0 Å². The van der Waals surface area contributed by atoms with E-state index in [1.165, 1.54) is 4.31 Å². The summed E-state index contributed by atoms with van der Waals surface area (Å²) in [5, 5.41) is 0. The molecule has 1 fully saturated rings. The zero-order chi connectivity index (χ0) is 18.6. The molecule has 25 heavy (non-hydrogen) atoms. The molecule has 1 amide bonds. The van der Waals surface area contributed by atoms with Crippen LogP contribution in [0.25, 0.3) is 0 Å². The number of carbonyl (C=O) groups excluding carboxylic acids is 1. The van der Waals surface area contributed by atoms with E-state index in [4.69, 9.17) is 0 Å². The standard InChI is InChI=1S/C19H30N2O3S/c1-5-16(4)17-6-8-18(9-7-17)25(23,24)21-12-10-20(11-13-21)19(22)14-15(2)3/h6-9,15-16H,5,10-14H2,1-4H3. The minimum atomic E-state index is -3.49. The first-order chi connectivity index (χ1) is 11.8. The summed E-state index contributed by atoms with van der Waals surface area (Å²) in [5.74, 6) is 0.857. The largest absolute Gasteiger partial charge is 0.340 e. The molecule has 140 valence electrons. The zero-order valence-electron chi connectivity index (χ0n) is 15.7. The molecule has 1 aliphatic rings. The van der Waals surface area contributed by atoms with Crippen LogP contribution in [0.3, 0.4) is 0 Å². The van der Waals surface area contributed by atoms with Gasteiger partial charge in [-0.25, -0.2) is 8.42 Å². The fraction of sp³-hybridized carbons (Fsp3) is 0.632. The van der Waals surface area contributed by atoms with Gasteiger partial charge >= 0.3 is 0 Å². The smallest absolute Gasteiger partial charge is 0.243 e. The number of rotatable bonds is 6. The van der Waals surface area contributed by atoms with Crippen LogP contribution in [0.15, 0.2) is 29.2 Å². The fourth-order valence-corrected chi connectivity index (χ4v) is 4.43. The van der Waals surface area contributed by atoms with E-state index in [1.54, 1.807) is 17.0 Å². The highest BCUT2D eigenvalue weighted by molar-refractivity contribution is 7.89. The maximum absolute atomic E-state index is 12.8. The average Bonchev–Trinajstić information content (AvgIpc) is 2.60. The summed E-state index contributed by atoms with van der Waals surface area (Å²) >= 11 is 0. The number of amides is 1. The van der Waals surface area contributed by atoms with Gasteiger partial charge in [0.05, 0.1) is 4.90 Å². The summed E-state index contributed by atoms with van der Waals surface area (Å²) in [5.41, 5.74) is 1.16. The number of carbonyl (C=O) groups is 1. The predicted molar refractivity (Wildman–Crippen MR) is 99.9 cm³/mol. The molecule has 0 aromatic heterocycles. The average molecular weight is 367 g/mol. The van der Waals surface area contributed by atoms with Crippen LogP contribution in [-0.4, -0.2) is 49.7 Å². The van der Waals surface area contributed by atoms with Crippen molar-refractivity contribution < 1.29 is 13.2 Å². The second-order valence-electron chi connectivity index (χ2n) is 7.26. The molecule has 2 rings (SSSR count). The molecule has 1 aliphatic heterocycles. The molecule has 0 spiro atoms. The van der Waals surface area contributed by atoms with Crippen molar-refractivity contribution in [1.29, 1.82) is 0 Å². The Balaban J connectivity index is 2.03. The summed E-state index contributed by atoms with van der Waals surface area (Å²) < 4.78 is 27.1. The van der Waals surface area contributed by atoms with Gasteiger partial charge in [0.1, 0.15) is 0 Å². The SMILES string of the molecule is CCC(C)c1ccc(S(=O)(=O)N2CCN(C(=O)CC(C)C)CC2)cc1. The first-order valence-corrected chi connectivity index (χ1v) is 10.6. The third kappa shape index (κ3) is 4.82. The molecule has 1 aromatic carbocycles. The Labute approximate surface area is 152 Å². The van der Waals surface area contributed by atoms with E-state index in [2.05, 4.69) is 13.8 Å². The summed E-state index contributed by atoms with van der Waals surface area (Å²) in [6.45, 7) is 9.94. The van der Waals surface area contributed by atoms with Gasteiger partial charge in [-0.1, -0.05) is 39.8 Å². The monoisotopic (exact) mass is 366 g/mol. The summed E-state index contributed by atoms with van der Waals surface area (Å²) in [6.07, 6.45) is 1.54. The molecule has 0 radical (unpaired) electrons. The van der Waals surface area contributed by atoms with E-state index in [-0.39, 0.29) is 5.91 Å². The highest BCUT2D eigenvalue weighted by Gasteiger charge is 2.30. The lowest BCUT2D eigenvalue weighted by molar-refractivity contribution is -0.133. The van der Waals surface area contributed by atoms with E-state index in [0.717, 1.165) is 12.0 Å². The number of nitrogens with zero attached hydrogens (tertiary/aromatic N) is 2. The maximum Gasteiger partial charge on any atom is 0.243 e. The van der Waals surface area contributed by atoms with E-state index >= 15 is 0 Å². The Morgan fingerprint density at radius 3 is 2.08 bits per heavy atom. The van der Waals surface area contributed by atoms with E-state index in [1.807, 2.05) is 26.0 Å². The summed E-state index contributed by atoms with van der Waals surface area (Å²) in [6, 6.07) is 7.22. The molecule has 6 heteroatoms. The second kappa shape index (κ2) is 8.32. The third-order valence-corrected chi connectivity index (χ3v) is 6.79. The van der Waals surface area contributed by atoms with Gasteiger partial charge in [0.25, 0.3) is 0 Å². The zero-order valence-corrected chi connectivity index (χ0v) is 16.6. The van der Waals surface area contributed by atoms with Crippen molar-refractivity contribution in [3.05, 3.63) is 29.8 Å². The lowest BCUT2D eigenvalue weighted by Gasteiger charge is -2.34. The molecular formula is C19H30N2O3S. The van der Waals surface area contributed by atoms with Gasteiger partial charge in [-0.05, 0) is 36.0 Å². The highest BCUT2D eigenvalue weighted by atomic mass is 32.2. The normalized spacial score (nSPS) is 17.7. The molecule has 1 unspecified atom stereocenters. The molecule has 0 saturated carbocycles. The quantitative estimate of drug-likeness (QED) is 0.777. The lowest BCUT2D eigenvalue weighted by atomic mass is 9.99. The van der Waals surface area contributed by atoms with Crippen LogP contribution in [0.4, 0.5) is 0 Å². The highest BCUT2D eigenvalue weighted by Crippen LogP contribution is 2.23. The van der Waals surface area contributed by atoms with Gasteiger partial charge in [0.15, 0.2) is 0 Å². The van der Waals surface area contributed by atoms with Gasteiger partial charge in [-0.3, -0.25) is 4.79 Å². The minimum absolute atomic E-state index is 0.116. The minimum Gasteiger partial charge on any atom is -0.340 e. The number of hydrogen-bond acceptors (Lipinski definition) is 3. The van der Waals surface area contributed by atoms with Crippen LogP contribution < -0.4 is 0 Å². The molecule has 0 aliphatic carbocycles. The molecular weight excluding hydrogens is 336 g/mol. The molecule has 5 nitrogen and oxygen atoms in total. The van der Waals surface area contributed by atoms with Crippen LogP contribution in [0.5, 0.6) is 0 Å². The van der Waals surface area contributed by atoms with Crippen molar-refractivity contribution in [3.63, 3.8) is 0 Å². The first kappa shape index (κ1) is 19.9. The Kier molecular flexibility index (Phi) is 6.63. The van der Waals surface area contributed by atoms with Gasteiger partial charge < -0.3 is 4.90 Å². The lowest BCUT2D eigenvalue weighted by Crippen LogP contribution is -2.50. The van der Waals surface area contributed by atoms with Crippen LogP contribution in [0.1, 0.15) is 52.0 Å². The predicted octanol–water partition coefficient (Wildman–Crippen LogP) is 3.08. The van der Waals surface area contributed by atoms with Crippen molar-refractivity contribution in [2.24, 2.45) is 5.92 Å². The summed E-state index contributed by atoms with van der Waals surface area (Å²) in [4.78, 5) is 14.2. The van der Waals surface area contributed by atoms with Crippen molar-refractivity contribution in [1.82, 2.24) is 9.21 Å². The first-order valence-electron chi connectivity index (χ1n) is 9.13. The molecule has 1 saturated heterocycles. The molecule has 1 aromatic rings. The maximum atomic E-state index is 12.8. The van der Waals surface area contributed by atoms with E-state index < -0.39 is 10.0 Å². The van der Waals surface area contributed by atoms with E-state index in [9.17, 15) is 13.2 Å². The number of hydrogen-bond donors (Lipinski definition) is 0. The van der Waals surface area contributed by atoms with Gasteiger partial charge in [0.2, 0.25) is 15.9 Å². The van der Waals surface area contributed by atoms with Crippen LogP contribution >= 0.6 is 0 Å². The fourth-order valence-electron chi connectivity index (χ4n) is 3.01. The molecule has 1 atom stereocenters. The number of benzene rings is 1. The van der Waals surface area contributed by atoms with Crippen molar-refractivity contribution >= 4 is 15.9 Å². The second-order valence-corrected chi connectivity index (χ2v) is 9.20. The van der Waals surface area contributed by atoms with Crippen molar-refractivity contribution in [2.45, 2.75) is 51.3 Å². The number of piperazine rings is 1. The third-order valence-electron chi connectivity index (χ3n) is 4.87. The van der Waals surface area contributed by atoms with Crippen LogP contribution in [0.2, 0.25) is 0 Å².